The molecule has 0 radical (unpaired) electrons. The quantitative estimate of drug-likeness (QED) is 0.824. The number of hydrogen-bond acceptors (Lipinski definition) is 5. The fourth-order valence-electron chi connectivity index (χ4n) is 1.25. The van der Waals surface area contributed by atoms with Crippen molar-refractivity contribution in [3.05, 3.63) is 35.0 Å². The molecule has 2 aromatic heterocycles. The lowest BCUT2D eigenvalue weighted by atomic mass is 10.3. The molecule has 2 rings (SSSR count). The third-order valence-corrected chi connectivity index (χ3v) is 2.67. The Morgan fingerprint density at radius 3 is 3.13 bits per heavy atom. The molecule has 0 unspecified atom stereocenters. The highest BCUT2D eigenvalue weighted by Crippen LogP contribution is 2.14. The highest BCUT2D eigenvalue weighted by molar-refractivity contribution is 7.07. The Bertz CT molecular complexity index is 413. The van der Waals surface area contributed by atoms with Crippen molar-refractivity contribution in [1.82, 2.24) is 9.97 Å². The van der Waals surface area contributed by atoms with Crippen LogP contribution in [0.1, 0.15) is 5.69 Å². The maximum atomic E-state index is 5.74. The first-order valence-electron chi connectivity index (χ1n) is 4.66. The second kappa shape index (κ2) is 4.75. The van der Waals surface area contributed by atoms with Crippen LogP contribution in [0.2, 0.25) is 0 Å². The maximum absolute atomic E-state index is 5.74. The first-order chi connectivity index (χ1) is 7.36. The lowest BCUT2D eigenvalue weighted by Gasteiger charge is -2.07. The molecule has 0 spiro atoms. The van der Waals surface area contributed by atoms with Crippen LogP contribution in [0.4, 0.5) is 11.4 Å². The molecule has 0 aromatic carbocycles. The normalized spacial score (nSPS) is 10.1. The molecule has 78 valence electrons. The van der Waals surface area contributed by atoms with Gasteiger partial charge in [0.05, 0.1) is 28.8 Å². The van der Waals surface area contributed by atoms with E-state index >= 15 is 0 Å². The summed E-state index contributed by atoms with van der Waals surface area (Å²) < 4.78 is 0. The number of nitrogens with one attached hydrogen (secondary N) is 1. The zero-order chi connectivity index (χ0) is 10.5. The fourth-order valence-corrected chi connectivity index (χ4v) is 1.85. The second-order valence-electron chi connectivity index (χ2n) is 3.12. The average Bonchev–Trinajstić information content (AvgIpc) is 2.74. The van der Waals surface area contributed by atoms with Crippen LogP contribution in [0, 0.1) is 0 Å². The van der Waals surface area contributed by atoms with E-state index in [2.05, 4.69) is 20.7 Å². The molecule has 0 aliphatic heterocycles. The molecular formula is C10H12N4S. The third-order valence-electron chi connectivity index (χ3n) is 2.03. The molecule has 0 saturated carbocycles. The van der Waals surface area contributed by atoms with Crippen LogP contribution >= 0.6 is 11.3 Å². The molecule has 5 heteroatoms. The van der Waals surface area contributed by atoms with Crippen LogP contribution in [-0.4, -0.2) is 16.5 Å². The molecule has 0 fully saturated rings. The van der Waals surface area contributed by atoms with E-state index in [1.54, 1.807) is 23.7 Å². The van der Waals surface area contributed by atoms with E-state index in [1.165, 1.54) is 0 Å². The number of hydrogen-bond donors (Lipinski definition) is 2. The van der Waals surface area contributed by atoms with E-state index in [1.807, 2.05) is 11.6 Å². The van der Waals surface area contributed by atoms with Gasteiger partial charge in [-0.25, -0.2) is 4.98 Å². The van der Waals surface area contributed by atoms with Gasteiger partial charge in [-0.2, -0.15) is 0 Å². The van der Waals surface area contributed by atoms with Crippen molar-refractivity contribution < 1.29 is 0 Å². The Hall–Kier alpha value is -1.62. The van der Waals surface area contributed by atoms with Crippen molar-refractivity contribution in [2.24, 2.45) is 0 Å². The highest BCUT2D eigenvalue weighted by Gasteiger charge is 1.98. The van der Waals surface area contributed by atoms with Gasteiger partial charge in [-0.3, -0.25) is 4.98 Å². The van der Waals surface area contributed by atoms with Gasteiger partial charge in [0, 0.05) is 24.5 Å². The van der Waals surface area contributed by atoms with Crippen LogP contribution in [-0.2, 0) is 6.42 Å². The molecule has 0 aliphatic rings. The van der Waals surface area contributed by atoms with E-state index in [4.69, 9.17) is 5.73 Å². The highest BCUT2D eigenvalue weighted by atomic mass is 32.1. The molecule has 0 saturated heterocycles. The van der Waals surface area contributed by atoms with Crippen molar-refractivity contribution >= 4 is 22.7 Å². The fraction of sp³-hybridized carbons (Fsp3) is 0.200. The molecule has 2 aromatic rings. The number of rotatable bonds is 4. The van der Waals surface area contributed by atoms with Crippen molar-refractivity contribution in [3.63, 3.8) is 0 Å². The van der Waals surface area contributed by atoms with Crippen LogP contribution in [0.15, 0.2) is 29.4 Å². The van der Waals surface area contributed by atoms with Gasteiger partial charge in [-0.05, 0) is 6.07 Å². The van der Waals surface area contributed by atoms with Crippen molar-refractivity contribution in [2.75, 3.05) is 17.6 Å². The second-order valence-corrected chi connectivity index (χ2v) is 3.84. The van der Waals surface area contributed by atoms with Gasteiger partial charge < -0.3 is 11.1 Å². The number of anilines is 2. The Labute approximate surface area is 92.2 Å². The molecular weight excluding hydrogens is 208 g/mol. The van der Waals surface area contributed by atoms with E-state index in [-0.39, 0.29) is 0 Å². The van der Waals surface area contributed by atoms with E-state index < -0.39 is 0 Å². The SMILES string of the molecule is Nc1cnccc1NCCc1cscn1. The van der Waals surface area contributed by atoms with Crippen molar-refractivity contribution in [1.29, 1.82) is 0 Å². The number of pyridine rings is 1. The Morgan fingerprint density at radius 1 is 1.47 bits per heavy atom. The van der Waals surface area contributed by atoms with Gasteiger partial charge in [0.2, 0.25) is 0 Å². The molecule has 15 heavy (non-hydrogen) atoms. The number of nitrogen functional groups attached to an aromatic ring is 1. The predicted octanol–water partition coefficient (Wildman–Crippen LogP) is 1.77. The van der Waals surface area contributed by atoms with E-state index in [9.17, 15) is 0 Å². The summed E-state index contributed by atoms with van der Waals surface area (Å²) in [6, 6.07) is 1.87. The molecule has 3 N–H and O–H groups in total. The zero-order valence-electron chi connectivity index (χ0n) is 8.18. The molecule has 0 atom stereocenters. The summed E-state index contributed by atoms with van der Waals surface area (Å²) in [5.41, 5.74) is 10.3. The number of nitrogens with two attached hydrogens (primary N) is 1. The van der Waals surface area contributed by atoms with Crippen molar-refractivity contribution in [2.45, 2.75) is 6.42 Å². The van der Waals surface area contributed by atoms with E-state index in [0.717, 1.165) is 24.3 Å². The summed E-state index contributed by atoms with van der Waals surface area (Å²) in [6.07, 6.45) is 4.28. The lowest BCUT2D eigenvalue weighted by molar-refractivity contribution is 0.977. The third kappa shape index (κ3) is 2.66. The van der Waals surface area contributed by atoms with Gasteiger partial charge in [0.1, 0.15) is 0 Å². The summed E-state index contributed by atoms with van der Waals surface area (Å²) in [6.45, 7) is 0.831. The van der Waals surface area contributed by atoms with Crippen LogP contribution in [0.25, 0.3) is 0 Å². The van der Waals surface area contributed by atoms with Gasteiger partial charge in [0.25, 0.3) is 0 Å². The zero-order valence-corrected chi connectivity index (χ0v) is 9.00. The summed E-state index contributed by atoms with van der Waals surface area (Å²) in [7, 11) is 0. The van der Waals surface area contributed by atoms with Gasteiger partial charge in [-0.15, -0.1) is 11.3 Å². The van der Waals surface area contributed by atoms with E-state index in [0.29, 0.717) is 5.69 Å². The minimum absolute atomic E-state index is 0.677. The molecule has 0 bridgehead atoms. The maximum Gasteiger partial charge on any atom is 0.0794 e. The van der Waals surface area contributed by atoms with Crippen LogP contribution in [0.5, 0.6) is 0 Å². The topological polar surface area (TPSA) is 63.8 Å². The molecule has 0 aliphatic carbocycles. The number of thiazole rings is 1. The van der Waals surface area contributed by atoms with Crippen LogP contribution in [0.3, 0.4) is 0 Å². The first-order valence-corrected chi connectivity index (χ1v) is 5.61. The van der Waals surface area contributed by atoms with Gasteiger partial charge >= 0.3 is 0 Å². The summed E-state index contributed by atoms with van der Waals surface area (Å²) in [4.78, 5) is 8.13. The number of aromatic nitrogens is 2. The Morgan fingerprint density at radius 2 is 2.40 bits per heavy atom. The largest absolute Gasteiger partial charge is 0.396 e. The average molecular weight is 220 g/mol. The molecule has 0 amide bonds. The minimum atomic E-state index is 0.677. The summed E-state index contributed by atoms with van der Waals surface area (Å²) >= 11 is 1.62. The summed E-state index contributed by atoms with van der Waals surface area (Å²) in [5, 5.41) is 5.30. The first kappa shape index (κ1) is 9.92. The minimum Gasteiger partial charge on any atom is -0.396 e. The lowest BCUT2D eigenvalue weighted by Crippen LogP contribution is -2.07. The summed E-state index contributed by atoms with van der Waals surface area (Å²) in [5.74, 6) is 0. The monoisotopic (exact) mass is 220 g/mol. The standard InChI is InChI=1S/C10H12N4S/c11-9-5-12-3-2-10(9)13-4-1-8-6-15-7-14-8/h2-3,5-7H,1,4,11H2,(H,12,13). The Balaban J connectivity index is 1.86. The smallest absolute Gasteiger partial charge is 0.0794 e. The van der Waals surface area contributed by atoms with Gasteiger partial charge in [0.15, 0.2) is 0 Å². The predicted molar refractivity (Wildman–Crippen MR) is 63.0 cm³/mol. The van der Waals surface area contributed by atoms with Crippen LogP contribution < -0.4 is 11.1 Å². The number of nitrogens with zero attached hydrogens (tertiary/aromatic N) is 2. The van der Waals surface area contributed by atoms with Gasteiger partial charge in [-0.1, -0.05) is 0 Å². The molecule has 2 heterocycles. The van der Waals surface area contributed by atoms with Crippen molar-refractivity contribution in [3.8, 4) is 0 Å². The molecule has 4 nitrogen and oxygen atoms in total. The Kier molecular flexibility index (Phi) is 3.14.